The molecule has 0 spiro atoms. The average molecular weight is 316 g/mol. The van der Waals surface area contributed by atoms with Gasteiger partial charge in [-0.3, -0.25) is 5.10 Å². The van der Waals surface area contributed by atoms with Gasteiger partial charge in [-0.2, -0.15) is 20.0 Å². The van der Waals surface area contributed by atoms with Gasteiger partial charge in [0.1, 0.15) is 17.2 Å². The van der Waals surface area contributed by atoms with E-state index in [0.717, 1.165) is 5.69 Å². The van der Waals surface area contributed by atoms with Crippen molar-refractivity contribution in [2.45, 2.75) is 6.92 Å². The second kappa shape index (κ2) is 5.45. The van der Waals surface area contributed by atoms with E-state index in [1.165, 1.54) is 29.1 Å². The van der Waals surface area contributed by atoms with Crippen LogP contribution < -0.4 is 0 Å². The first kappa shape index (κ1) is 14.0. The van der Waals surface area contributed by atoms with Gasteiger partial charge in [0.2, 0.25) is 10.6 Å². The maximum Gasteiger partial charge on any atom is 0.216 e. The molecule has 0 amide bonds. The summed E-state index contributed by atoms with van der Waals surface area (Å²) in [6.07, 6.45) is 1.42. The molecule has 3 aromatic rings. The third-order valence-corrected chi connectivity index (χ3v) is 3.18. The summed E-state index contributed by atoms with van der Waals surface area (Å²) in [4.78, 5) is 0. The zero-order valence-electron chi connectivity index (χ0n) is 11.5. The van der Waals surface area contributed by atoms with Gasteiger partial charge >= 0.3 is 0 Å². The van der Waals surface area contributed by atoms with Crippen LogP contribution in [0.3, 0.4) is 0 Å². The first-order valence-corrected chi connectivity index (χ1v) is 6.71. The van der Waals surface area contributed by atoms with Gasteiger partial charge in [-0.25, -0.2) is 5.10 Å². The molecule has 0 bridgehead atoms. The number of aromatic hydroxyl groups is 2. The molecule has 22 heavy (non-hydrogen) atoms. The zero-order valence-corrected chi connectivity index (χ0v) is 12.3. The Labute approximate surface area is 129 Å². The van der Waals surface area contributed by atoms with Crippen LogP contribution in [0.4, 0.5) is 0 Å². The van der Waals surface area contributed by atoms with E-state index < -0.39 is 0 Å². The number of aromatic amines is 2. The van der Waals surface area contributed by atoms with Crippen LogP contribution in [0.5, 0.6) is 11.5 Å². The summed E-state index contributed by atoms with van der Waals surface area (Å²) in [5, 5.41) is 36.9. The second-order valence-corrected chi connectivity index (χ2v) is 4.97. The molecular weight excluding hydrogens is 304 g/mol. The largest absolute Gasteiger partial charge is 0.508 e. The van der Waals surface area contributed by atoms with Crippen LogP contribution in [0.2, 0.25) is 0 Å². The van der Waals surface area contributed by atoms with E-state index in [4.69, 9.17) is 12.2 Å². The number of aromatic nitrogens is 5. The maximum absolute atomic E-state index is 9.75. The number of phenolic OH excluding ortho intramolecular Hbond substituents is 2. The van der Waals surface area contributed by atoms with Crippen LogP contribution in [0.1, 0.15) is 11.3 Å². The molecule has 0 atom stereocenters. The number of nitrogens with zero attached hydrogens (tertiary/aromatic N) is 4. The van der Waals surface area contributed by atoms with E-state index in [0.29, 0.717) is 21.9 Å². The SMILES string of the molecule is Cc1cc(-c2n[nH]c(=S)n2/N=C/c2ccc(O)cc2O)n[nH]1. The summed E-state index contributed by atoms with van der Waals surface area (Å²) in [6.45, 7) is 1.87. The van der Waals surface area contributed by atoms with Gasteiger partial charge in [0.25, 0.3) is 0 Å². The summed E-state index contributed by atoms with van der Waals surface area (Å²) in [7, 11) is 0. The number of H-pyrrole nitrogens is 2. The standard InChI is InChI=1S/C13H12N6O2S/c1-7-4-10(16-15-7)12-17-18-13(22)19(12)14-6-8-2-3-9(20)5-11(8)21/h2-6,20-21H,1H3,(H,15,16)(H,18,22)/b14-6+. The van der Waals surface area contributed by atoms with Crippen molar-refractivity contribution < 1.29 is 10.2 Å². The van der Waals surface area contributed by atoms with E-state index in [2.05, 4.69) is 25.5 Å². The van der Waals surface area contributed by atoms with Gasteiger partial charge in [0, 0.05) is 17.3 Å². The molecule has 0 radical (unpaired) electrons. The first-order valence-electron chi connectivity index (χ1n) is 6.31. The molecule has 0 saturated carbocycles. The van der Waals surface area contributed by atoms with Gasteiger partial charge in [-0.15, -0.1) is 0 Å². The number of rotatable bonds is 3. The highest BCUT2D eigenvalue weighted by Crippen LogP contribution is 2.21. The lowest BCUT2D eigenvalue weighted by Gasteiger charge is -2.00. The monoisotopic (exact) mass is 316 g/mol. The summed E-state index contributed by atoms with van der Waals surface area (Å²) in [6, 6.07) is 6.03. The molecule has 4 N–H and O–H groups in total. The molecule has 0 aliphatic heterocycles. The summed E-state index contributed by atoms with van der Waals surface area (Å²) < 4.78 is 1.70. The number of aryl methyl sites for hydroxylation is 1. The van der Waals surface area contributed by atoms with Gasteiger partial charge in [-0.05, 0) is 37.3 Å². The molecule has 9 heteroatoms. The third kappa shape index (κ3) is 2.61. The summed E-state index contributed by atoms with van der Waals surface area (Å²) in [5.41, 5.74) is 1.91. The Morgan fingerprint density at radius 3 is 2.73 bits per heavy atom. The topological polar surface area (TPSA) is 115 Å². The Morgan fingerprint density at radius 2 is 2.05 bits per heavy atom. The third-order valence-electron chi connectivity index (χ3n) is 2.91. The van der Waals surface area contributed by atoms with E-state index in [9.17, 15) is 10.2 Å². The minimum absolute atomic E-state index is 0.0257. The number of benzene rings is 1. The Hall–Kier alpha value is -2.94. The van der Waals surface area contributed by atoms with Crippen molar-refractivity contribution in [1.82, 2.24) is 25.1 Å². The molecule has 0 fully saturated rings. The lowest BCUT2D eigenvalue weighted by molar-refractivity contribution is 0.450. The normalized spacial score (nSPS) is 11.3. The fourth-order valence-electron chi connectivity index (χ4n) is 1.86. The van der Waals surface area contributed by atoms with Crippen molar-refractivity contribution >= 4 is 18.4 Å². The predicted octanol–water partition coefficient (Wildman–Crippen LogP) is 1.93. The molecule has 112 valence electrons. The van der Waals surface area contributed by atoms with Gasteiger partial charge < -0.3 is 10.2 Å². The van der Waals surface area contributed by atoms with Crippen molar-refractivity contribution in [3.8, 4) is 23.0 Å². The minimum Gasteiger partial charge on any atom is -0.508 e. The summed E-state index contributed by atoms with van der Waals surface area (Å²) >= 11 is 5.14. The average Bonchev–Trinajstić information content (AvgIpc) is 3.04. The molecular formula is C13H12N6O2S. The Kier molecular flexibility index (Phi) is 3.47. The van der Waals surface area contributed by atoms with Crippen LogP contribution in [-0.4, -0.2) is 41.5 Å². The maximum atomic E-state index is 9.75. The van der Waals surface area contributed by atoms with Gasteiger partial charge in [0.05, 0.1) is 6.21 Å². The van der Waals surface area contributed by atoms with Crippen molar-refractivity contribution in [3.63, 3.8) is 0 Å². The Bertz CT molecular complexity index is 907. The van der Waals surface area contributed by atoms with Gasteiger partial charge in [0.15, 0.2) is 0 Å². The predicted molar refractivity (Wildman–Crippen MR) is 82.5 cm³/mol. The second-order valence-electron chi connectivity index (χ2n) is 4.59. The van der Waals surface area contributed by atoms with Crippen LogP contribution in [0, 0.1) is 11.7 Å². The van der Waals surface area contributed by atoms with E-state index >= 15 is 0 Å². The zero-order chi connectivity index (χ0) is 15.7. The Balaban J connectivity index is 2.00. The fraction of sp³-hybridized carbons (Fsp3) is 0.0769. The van der Waals surface area contributed by atoms with Crippen molar-refractivity contribution in [2.75, 3.05) is 0 Å². The van der Waals surface area contributed by atoms with E-state index in [1.54, 1.807) is 0 Å². The molecule has 0 aliphatic rings. The number of hydrogen-bond donors (Lipinski definition) is 4. The first-order chi connectivity index (χ1) is 10.5. The molecule has 0 saturated heterocycles. The smallest absolute Gasteiger partial charge is 0.216 e. The molecule has 8 nitrogen and oxygen atoms in total. The highest BCUT2D eigenvalue weighted by molar-refractivity contribution is 7.71. The molecule has 2 heterocycles. The van der Waals surface area contributed by atoms with Gasteiger partial charge in [-0.1, -0.05) is 0 Å². The number of phenols is 2. The molecule has 0 unspecified atom stereocenters. The van der Waals surface area contributed by atoms with Crippen LogP contribution in [0.15, 0.2) is 29.4 Å². The fourth-order valence-corrected chi connectivity index (χ4v) is 2.04. The van der Waals surface area contributed by atoms with Crippen LogP contribution in [-0.2, 0) is 0 Å². The molecule has 1 aromatic carbocycles. The van der Waals surface area contributed by atoms with E-state index in [1.807, 2.05) is 13.0 Å². The lowest BCUT2D eigenvalue weighted by Crippen LogP contribution is -1.95. The number of hydrogen-bond acceptors (Lipinski definition) is 6. The van der Waals surface area contributed by atoms with Crippen molar-refractivity contribution in [2.24, 2.45) is 5.10 Å². The van der Waals surface area contributed by atoms with Crippen molar-refractivity contribution in [1.29, 1.82) is 0 Å². The molecule has 3 rings (SSSR count). The quantitative estimate of drug-likeness (QED) is 0.435. The summed E-state index contributed by atoms with van der Waals surface area (Å²) in [5.74, 6) is 0.335. The minimum atomic E-state index is -0.0871. The molecule has 0 aliphatic carbocycles. The van der Waals surface area contributed by atoms with Crippen LogP contribution >= 0.6 is 12.2 Å². The van der Waals surface area contributed by atoms with Crippen molar-refractivity contribution in [3.05, 3.63) is 40.3 Å². The lowest BCUT2D eigenvalue weighted by atomic mass is 10.2. The highest BCUT2D eigenvalue weighted by atomic mass is 32.1. The molecule has 2 aromatic heterocycles. The van der Waals surface area contributed by atoms with E-state index in [-0.39, 0.29) is 11.5 Å². The highest BCUT2D eigenvalue weighted by Gasteiger charge is 2.11. The Morgan fingerprint density at radius 1 is 1.23 bits per heavy atom. The number of nitrogens with one attached hydrogen (secondary N) is 2. The van der Waals surface area contributed by atoms with Crippen LogP contribution in [0.25, 0.3) is 11.5 Å².